The lowest BCUT2D eigenvalue weighted by molar-refractivity contribution is 0.0946. The first-order chi connectivity index (χ1) is 15.1. The monoisotopic (exact) mass is 423 g/mol. The first kappa shape index (κ1) is 21.0. The second-order valence-electron chi connectivity index (χ2n) is 7.74. The number of benzene rings is 1. The highest BCUT2D eigenvalue weighted by Crippen LogP contribution is 2.25. The Morgan fingerprint density at radius 3 is 2.81 bits per heavy atom. The van der Waals surface area contributed by atoms with E-state index in [1.165, 1.54) is 18.6 Å². The van der Waals surface area contributed by atoms with Gasteiger partial charge in [0.15, 0.2) is 0 Å². The van der Waals surface area contributed by atoms with Crippen molar-refractivity contribution in [2.24, 2.45) is 0 Å². The molecule has 0 spiro atoms. The summed E-state index contributed by atoms with van der Waals surface area (Å²) in [7, 11) is 0. The van der Waals surface area contributed by atoms with Crippen LogP contribution in [-0.2, 0) is 6.54 Å². The second kappa shape index (κ2) is 9.70. The van der Waals surface area contributed by atoms with Gasteiger partial charge >= 0.3 is 0 Å². The van der Waals surface area contributed by atoms with E-state index in [1.54, 1.807) is 24.4 Å². The highest BCUT2D eigenvalue weighted by Gasteiger charge is 2.23. The normalized spacial score (nSPS) is 16.3. The van der Waals surface area contributed by atoms with Crippen LogP contribution in [0.2, 0.25) is 0 Å². The standard InChI is InChI=1S/C23H26FN5O2/c24-18-7-5-17(6-8-18)20-13-21(28-27-20)23(31)26-15-16-4-9-22(25-14-16)29-11-2-1-3-19(29)10-12-30/h4-9,13-14,19,30H,1-3,10-12,15H2,(H,26,31)(H,27,28)/t19-/m0/s1. The fourth-order valence-electron chi connectivity index (χ4n) is 3.93. The van der Waals surface area contributed by atoms with Crippen molar-refractivity contribution >= 4 is 11.7 Å². The van der Waals surface area contributed by atoms with Crippen molar-refractivity contribution < 1.29 is 14.3 Å². The highest BCUT2D eigenvalue weighted by atomic mass is 19.1. The number of pyridine rings is 1. The van der Waals surface area contributed by atoms with Gasteiger partial charge in [0.25, 0.3) is 5.91 Å². The number of aromatic nitrogens is 3. The number of aliphatic hydroxyl groups is 1. The molecule has 7 nitrogen and oxygen atoms in total. The van der Waals surface area contributed by atoms with Gasteiger partial charge in [-0.2, -0.15) is 5.10 Å². The van der Waals surface area contributed by atoms with Crippen LogP contribution < -0.4 is 10.2 Å². The quantitative estimate of drug-likeness (QED) is 0.542. The fourth-order valence-corrected chi connectivity index (χ4v) is 3.93. The first-order valence-electron chi connectivity index (χ1n) is 10.6. The Balaban J connectivity index is 1.35. The molecule has 3 heterocycles. The molecule has 4 rings (SSSR count). The van der Waals surface area contributed by atoms with Gasteiger partial charge in [-0.1, -0.05) is 6.07 Å². The minimum absolute atomic E-state index is 0.182. The van der Waals surface area contributed by atoms with Crippen molar-refractivity contribution in [1.29, 1.82) is 0 Å². The van der Waals surface area contributed by atoms with Gasteiger partial charge in [-0.05, 0) is 67.6 Å². The molecule has 0 aliphatic carbocycles. The van der Waals surface area contributed by atoms with E-state index in [4.69, 9.17) is 0 Å². The molecule has 0 radical (unpaired) electrons. The zero-order valence-corrected chi connectivity index (χ0v) is 17.2. The average molecular weight is 423 g/mol. The maximum absolute atomic E-state index is 13.1. The summed E-state index contributed by atoms with van der Waals surface area (Å²) in [5.41, 5.74) is 2.54. The van der Waals surface area contributed by atoms with E-state index in [-0.39, 0.29) is 18.3 Å². The Morgan fingerprint density at radius 1 is 1.23 bits per heavy atom. The molecule has 1 saturated heterocycles. The minimum atomic E-state index is -0.318. The van der Waals surface area contributed by atoms with Crippen molar-refractivity contribution in [2.45, 2.75) is 38.3 Å². The van der Waals surface area contributed by atoms with E-state index in [1.807, 2.05) is 12.1 Å². The number of halogens is 1. The molecule has 162 valence electrons. The molecule has 31 heavy (non-hydrogen) atoms. The van der Waals surface area contributed by atoms with Crippen molar-refractivity contribution in [1.82, 2.24) is 20.5 Å². The number of piperidine rings is 1. The van der Waals surface area contributed by atoms with Gasteiger partial charge < -0.3 is 15.3 Å². The van der Waals surface area contributed by atoms with Gasteiger partial charge in [-0.25, -0.2) is 9.37 Å². The van der Waals surface area contributed by atoms with Crippen molar-refractivity contribution in [3.8, 4) is 11.3 Å². The van der Waals surface area contributed by atoms with Gasteiger partial charge in [-0.15, -0.1) is 0 Å². The molecule has 2 aromatic heterocycles. The molecule has 1 amide bonds. The van der Waals surface area contributed by atoms with Crippen LogP contribution in [0.4, 0.5) is 10.2 Å². The van der Waals surface area contributed by atoms with Gasteiger partial charge in [-0.3, -0.25) is 9.89 Å². The predicted molar refractivity (Wildman–Crippen MR) is 116 cm³/mol. The number of aromatic amines is 1. The number of anilines is 1. The summed E-state index contributed by atoms with van der Waals surface area (Å²) in [5, 5.41) is 19.0. The van der Waals surface area contributed by atoms with Crippen LogP contribution in [0.25, 0.3) is 11.3 Å². The third-order valence-corrected chi connectivity index (χ3v) is 5.61. The third-order valence-electron chi connectivity index (χ3n) is 5.61. The zero-order chi connectivity index (χ0) is 21.6. The van der Waals surface area contributed by atoms with Crippen molar-refractivity contribution in [2.75, 3.05) is 18.1 Å². The average Bonchev–Trinajstić information content (AvgIpc) is 3.29. The number of H-pyrrole nitrogens is 1. The smallest absolute Gasteiger partial charge is 0.269 e. The van der Waals surface area contributed by atoms with Crippen LogP contribution in [0.5, 0.6) is 0 Å². The molecular formula is C23H26FN5O2. The molecule has 3 N–H and O–H groups in total. The van der Waals surface area contributed by atoms with E-state index < -0.39 is 0 Å². The van der Waals surface area contributed by atoms with Crippen LogP contribution in [-0.4, -0.2) is 45.4 Å². The molecule has 0 unspecified atom stereocenters. The minimum Gasteiger partial charge on any atom is -0.396 e. The second-order valence-corrected chi connectivity index (χ2v) is 7.74. The topological polar surface area (TPSA) is 94.1 Å². The Morgan fingerprint density at radius 2 is 2.06 bits per heavy atom. The molecule has 1 aliphatic heterocycles. The number of nitrogens with zero attached hydrogens (tertiary/aromatic N) is 3. The number of hydrogen-bond acceptors (Lipinski definition) is 5. The molecule has 0 saturated carbocycles. The Hall–Kier alpha value is -3.26. The Bertz CT molecular complexity index is 1000. The molecule has 8 heteroatoms. The maximum atomic E-state index is 13.1. The van der Waals surface area contributed by atoms with E-state index >= 15 is 0 Å². The summed E-state index contributed by atoms with van der Waals surface area (Å²) in [6.45, 7) is 1.48. The lowest BCUT2D eigenvalue weighted by atomic mass is 9.99. The summed E-state index contributed by atoms with van der Waals surface area (Å²) in [5.74, 6) is 0.316. The van der Waals surface area contributed by atoms with E-state index in [2.05, 4.69) is 25.4 Å². The van der Waals surface area contributed by atoms with Crippen LogP contribution in [0.1, 0.15) is 41.7 Å². The van der Waals surface area contributed by atoms with Crippen molar-refractivity contribution in [3.05, 3.63) is 65.7 Å². The maximum Gasteiger partial charge on any atom is 0.269 e. The lowest BCUT2D eigenvalue weighted by Crippen LogP contribution is -2.40. The number of aliphatic hydroxyl groups excluding tert-OH is 1. The summed E-state index contributed by atoms with van der Waals surface area (Å²) in [6, 6.07) is 11.9. The fraction of sp³-hybridized carbons (Fsp3) is 0.348. The lowest BCUT2D eigenvalue weighted by Gasteiger charge is -2.36. The van der Waals surface area contributed by atoms with E-state index in [0.29, 0.717) is 24.0 Å². The van der Waals surface area contributed by atoms with Gasteiger partial charge in [0, 0.05) is 37.5 Å². The predicted octanol–water partition coefficient (Wildman–Crippen LogP) is 3.28. The van der Waals surface area contributed by atoms with E-state index in [0.717, 1.165) is 42.8 Å². The third kappa shape index (κ3) is 5.08. The van der Waals surface area contributed by atoms with Gasteiger partial charge in [0.1, 0.15) is 17.3 Å². The first-order valence-corrected chi connectivity index (χ1v) is 10.6. The number of rotatable bonds is 7. The summed E-state index contributed by atoms with van der Waals surface area (Å²) < 4.78 is 13.1. The number of carbonyl (C=O) groups excluding carboxylic acids is 1. The summed E-state index contributed by atoms with van der Waals surface area (Å²) >= 11 is 0. The molecule has 1 atom stereocenters. The van der Waals surface area contributed by atoms with Crippen LogP contribution in [0.3, 0.4) is 0 Å². The molecule has 0 bridgehead atoms. The zero-order valence-electron chi connectivity index (χ0n) is 17.2. The number of hydrogen-bond donors (Lipinski definition) is 3. The molecule has 1 aromatic carbocycles. The summed E-state index contributed by atoms with van der Waals surface area (Å²) in [4.78, 5) is 19.3. The number of carbonyl (C=O) groups is 1. The number of amides is 1. The van der Waals surface area contributed by atoms with Gasteiger partial charge in [0.05, 0.1) is 5.69 Å². The molecular weight excluding hydrogens is 397 g/mol. The Labute approximate surface area is 180 Å². The molecule has 3 aromatic rings. The summed E-state index contributed by atoms with van der Waals surface area (Å²) in [6.07, 6.45) is 5.91. The SMILES string of the molecule is O=C(NCc1ccc(N2CCCC[C@H]2CCO)nc1)c1cc(-c2ccc(F)cc2)n[nH]1. The Kier molecular flexibility index (Phi) is 6.57. The van der Waals surface area contributed by atoms with Crippen molar-refractivity contribution in [3.63, 3.8) is 0 Å². The van der Waals surface area contributed by atoms with Crippen LogP contribution in [0.15, 0.2) is 48.7 Å². The highest BCUT2D eigenvalue weighted by molar-refractivity contribution is 5.93. The molecule has 1 fully saturated rings. The number of nitrogens with one attached hydrogen (secondary N) is 2. The molecule has 1 aliphatic rings. The van der Waals surface area contributed by atoms with E-state index in [9.17, 15) is 14.3 Å². The van der Waals surface area contributed by atoms with Gasteiger partial charge in [0.2, 0.25) is 0 Å². The van der Waals surface area contributed by atoms with Crippen LogP contribution >= 0.6 is 0 Å². The largest absolute Gasteiger partial charge is 0.396 e. The van der Waals surface area contributed by atoms with Crippen LogP contribution in [0, 0.1) is 5.82 Å².